The molecule has 0 amide bonds. The van der Waals surface area contributed by atoms with Gasteiger partial charge in [0.15, 0.2) is 17.9 Å². The lowest BCUT2D eigenvalue weighted by Gasteiger charge is -2.14. The Balaban J connectivity index is 2.18. The second-order valence-corrected chi connectivity index (χ2v) is 5.44. The van der Waals surface area contributed by atoms with Gasteiger partial charge in [0.25, 0.3) is 0 Å². The van der Waals surface area contributed by atoms with Gasteiger partial charge in [-0.15, -0.1) is 0 Å². The minimum absolute atomic E-state index is 0.0896. The Labute approximate surface area is 147 Å². The number of aromatic nitrogens is 1. The van der Waals surface area contributed by atoms with Gasteiger partial charge < -0.3 is 23.9 Å². The molecule has 0 aliphatic carbocycles. The highest BCUT2D eigenvalue weighted by Gasteiger charge is 2.17. The molecule has 0 spiro atoms. The van der Waals surface area contributed by atoms with Crippen LogP contribution in [0.25, 0.3) is 10.9 Å². The summed E-state index contributed by atoms with van der Waals surface area (Å²) in [5.74, 6) is -3.79. The number of methoxy groups -OCH3 is 1. The van der Waals surface area contributed by atoms with Gasteiger partial charge in [-0.1, -0.05) is 0 Å². The summed E-state index contributed by atoms with van der Waals surface area (Å²) in [5.41, 5.74) is -1.31. The number of fused-ring (bicyclic) bond motifs is 1. The third-order valence-corrected chi connectivity index (χ3v) is 3.74. The van der Waals surface area contributed by atoms with Crippen LogP contribution in [0.3, 0.4) is 0 Å². The van der Waals surface area contributed by atoms with Crippen molar-refractivity contribution in [2.75, 3.05) is 26.9 Å². The third-order valence-electron chi connectivity index (χ3n) is 3.74. The fourth-order valence-corrected chi connectivity index (χ4v) is 2.33. The van der Waals surface area contributed by atoms with Crippen molar-refractivity contribution < 1.29 is 32.9 Å². The van der Waals surface area contributed by atoms with Gasteiger partial charge in [0.1, 0.15) is 5.56 Å². The molecule has 1 atom stereocenters. The van der Waals surface area contributed by atoms with E-state index in [2.05, 4.69) is 0 Å². The molecular weight excluding hydrogens is 352 g/mol. The molecule has 0 saturated carbocycles. The summed E-state index contributed by atoms with van der Waals surface area (Å²) in [5, 5.41) is 8.94. The number of hydrogen-bond acceptors (Lipinski definition) is 5. The van der Waals surface area contributed by atoms with Gasteiger partial charge in [-0.3, -0.25) is 4.79 Å². The number of pyridine rings is 1. The number of halogens is 2. The lowest BCUT2D eigenvalue weighted by Crippen LogP contribution is -2.21. The van der Waals surface area contributed by atoms with E-state index in [1.807, 2.05) is 0 Å². The molecule has 0 saturated heterocycles. The molecule has 1 aromatic heterocycles. The van der Waals surface area contributed by atoms with Crippen molar-refractivity contribution in [2.24, 2.45) is 0 Å². The van der Waals surface area contributed by atoms with E-state index in [1.54, 1.807) is 6.92 Å². The van der Waals surface area contributed by atoms with E-state index in [4.69, 9.17) is 19.3 Å². The Hall–Kier alpha value is -2.36. The summed E-state index contributed by atoms with van der Waals surface area (Å²) in [6.45, 7) is 2.58. The Kier molecular flexibility index (Phi) is 6.78. The smallest absolute Gasteiger partial charge is 0.341 e. The first-order chi connectivity index (χ1) is 12.3. The molecule has 1 unspecified atom stereocenters. The molecule has 9 heteroatoms. The first-order valence-electron chi connectivity index (χ1n) is 7.82. The van der Waals surface area contributed by atoms with Gasteiger partial charge in [0.05, 0.1) is 25.3 Å². The number of carboxylic acid groups (broad SMARTS) is 1. The summed E-state index contributed by atoms with van der Waals surface area (Å²) < 4.78 is 43.9. The summed E-state index contributed by atoms with van der Waals surface area (Å²) in [6, 6.07) is 1.57. The van der Waals surface area contributed by atoms with Crippen molar-refractivity contribution in [3.05, 3.63) is 45.8 Å². The van der Waals surface area contributed by atoms with Gasteiger partial charge in [-0.2, -0.15) is 0 Å². The minimum Gasteiger partial charge on any atom is -0.477 e. The van der Waals surface area contributed by atoms with Crippen LogP contribution in [0.15, 0.2) is 23.1 Å². The highest BCUT2D eigenvalue weighted by molar-refractivity contribution is 5.92. The lowest BCUT2D eigenvalue weighted by atomic mass is 10.1. The van der Waals surface area contributed by atoms with Gasteiger partial charge in [0, 0.05) is 31.3 Å². The molecule has 142 valence electrons. The first-order valence-corrected chi connectivity index (χ1v) is 7.82. The molecule has 1 aromatic carbocycles. The summed E-state index contributed by atoms with van der Waals surface area (Å²) in [6.07, 6.45) is 0.731. The van der Waals surface area contributed by atoms with E-state index in [0.29, 0.717) is 12.7 Å². The predicted molar refractivity (Wildman–Crippen MR) is 88.3 cm³/mol. The van der Waals surface area contributed by atoms with Gasteiger partial charge in [0.2, 0.25) is 5.43 Å². The SMILES string of the molecule is COC(C)OCCOCCn1cc(C(=O)O)c(=O)c2cc(F)c(F)cc21. The molecule has 0 fully saturated rings. The zero-order chi connectivity index (χ0) is 19.3. The molecule has 7 nitrogen and oxygen atoms in total. The van der Waals surface area contributed by atoms with Crippen LogP contribution < -0.4 is 5.43 Å². The Morgan fingerprint density at radius 2 is 1.92 bits per heavy atom. The van der Waals surface area contributed by atoms with Crippen LogP contribution >= 0.6 is 0 Å². The standard InChI is InChI=1S/C17H19F2NO6/c1-10(24-2)26-6-5-25-4-3-20-9-12(17(22)23)16(21)11-7-13(18)14(19)8-15(11)20/h7-10H,3-6H2,1-2H3,(H,22,23). The highest BCUT2D eigenvalue weighted by Crippen LogP contribution is 2.17. The maximum absolute atomic E-state index is 13.6. The maximum atomic E-state index is 13.6. The summed E-state index contributed by atoms with van der Waals surface area (Å²) >= 11 is 0. The van der Waals surface area contributed by atoms with Crippen LogP contribution in [0.5, 0.6) is 0 Å². The number of hydrogen-bond donors (Lipinski definition) is 1. The Morgan fingerprint density at radius 1 is 1.23 bits per heavy atom. The van der Waals surface area contributed by atoms with Gasteiger partial charge >= 0.3 is 5.97 Å². The fraction of sp³-hybridized carbons (Fsp3) is 0.412. The molecule has 2 aromatic rings. The largest absolute Gasteiger partial charge is 0.477 e. The Bertz CT molecular complexity index is 851. The van der Waals surface area contributed by atoms with Crippen molar-refractivity contribution in [1.29, 1.82) is 0 Å². The van der Waals surface area contributed by atoms with Gasteiger partial charge in [-0.05, 0) is 13.0 Å². The third kappa shape index (κ3) is 4.63. The molecule has 2 rings (SSSR count). The molecule has 1 N–H and O–H groups in total. The van der Waals surface area contributed by atoms with E-state index in [1.165, 1.54) is 11.7 Å². The van der Waals surface area contributed by atoms with Crippen LogP contribution in [0.2, 0.25) is 0 Å². The van der Waals surface area contributed by atoms with Crippen LogP contribution in [-0.4, -0.2) is 48.9 Å². The summed E-state index contributed by atoms with van der Waals surface area (Å²) in [4.78, 5) is 23.4. The molecule has 0 aliphatic heterocycles. The van der Waals surface area contributed by atoms with Crippen LogP contribution in [-0.2, 0) is 20.8 Å². The van der Waals surface area contributed by atoms with E-state index < -0.39 is 28.6 Å². The van der Waals surface area contributed by atoms with Crippen LogP contribution in [0.1, 0.15) is 17.3 Å². The number of rotatable bonds is 9. The molecule has 0 bridgehead atoms. The molecule has 0 radical (unpaired) electrons. The number of carboxylic acids is 1. The van der Waals surface area contributed by atoms with E-state index in [9.17, 15) is 18.4 Å². The number of carbonyl (C=O) groups is 1. The minimum atomic E-state index is -1.45. The predicted octanol–water partition coefficient (Wildman–Crippen LogP) is 2.00. The molecule has 0 aliphatic rings. The van der Waals surface area contributed by atoms with Gasteiger partial charge in [-0.25, -0.2) is 13.6 Å². The number of ether oxygens (including phenoxy) is 3. The average Bonchev–Trinajstić information content (AvgIpc) is 2.60. The van der Waals surface area contributed by atoms with E-state index in [-0.39, 0.29) is 37.0 Å². The topological polar surface area (TPSA) is 87.0 Å². The normalized spacial score (nSPS) is 12.5. The van der Waals surface area contributed by atoms with E-state index >= 15 is 0 Å². The maximum Gasteiger partial charge on any atom is 0.341 e. The molecule has 26 heavy (non-hydrogen) atoms. The molecule has 1 heterocycles. The lowest BCUT2D eigenvalue weighted by molar-refractivity contribution is -0.121. The van der Waals surface area contributed by atoms with Crippen molar-refractivity contribution in [2.45, 2.75) is 19.8 Å². The monoisotopic (exact) mass is 371 g/mol. The zero-order valence-electron chi connectivity index (χ0n) is 14.3. The van der Waals surface area contributed by atoms with Crippen molar-refractivity contribution in [3.63, 3.8) is 0 Å². The zero-order valence-corrected chi connectivity index (χ0v) is 14.3. The second kappa shape index (κ2) is 8.84. The summed E-state index contributed by atoms with van der Waals surface area (Å²) in [7, 11) is 1.51. The average molecular weight is 371 g/mol. The Morgan fingerprint density at radius 3 is 2.58 bits per heavy atom. The van der Waals surface area contributed by atoms with Crippen molar-refractivity contribution in [3.8, 4) is 0 Å². The number of aromatic carboxylic acids is 1. The second-order valence-electron chi connectivity index (χ2n) is 5.44. The molecular formula is C17H19F2NO6. The van der Waals surface area contributed by atoms with Crippen molar-refractivity contribution in [1.82, 2.24) is 4.57 Å². The number of nitrogens with zero attached hydrogens (tertiary/aromatic N) is 1. The number of benzene rings is 1. The quantitative estimate of drug-likeness (QED) is 0.536. The van der Waals surface area contributed by atoms with Crippen LogP contribution in [0.4, 0.5) is 8.78 Å². The first kappa shape index (κ1) is 20.0. The van der Waals surface area contributed by atoms with Crippen LogP contribution in [0, 0.1) is 11.6 Å². The highest BCUT2D eigenvalue weighted by atomic mass is 19.2. The van der Waals surface area contributed by atoms with E-state index in [0.717, 1.165) is 12.3 Å². The van der Waals surface area contributed by atoms with Crippen molar-refractivity contribution >= 4 is 16.9 Å². The fourth-order valence-electron chi connectivity index (χ4n) is 2.33.